The molecule has 4 rings (SSSR count). The lowest BCUT2D eigenvalue weighted by Crippen LogP contribution is -2.50. The maximum Gasteiger partial charge on any atom is 0.416 e. The fraction of sp³-hybridized carbons (Fsp3) is 0.318. The van der Waals surface area contributed by atoms with Gasteiger partial charge in [0.25, 0.3) is 0 Å². The first-order chi connectivity index (χ1) is 15.7. The lowest BCUT2D eigenvalue weighted by molar-refractivity contribution is -0.137. The summed E-state index contributed by atoms with van der Waals surface area (Å²) in [5.74, 6) is 0.400. The van der Waals surface area contributed by atoms with Crippen LogP contribution in [-0.4, -0.2) is 52.2 Å². The van der Waals surface area contributed by atoms with Crippen LogP contribution in [0.15, 0.2) is 53.1 Å². The molecule has 1 atom stereocenters. The van der Waals surface area contributed by atoms with Gasteiger partial charge in [0.05, 0.1) is 22.3 Å². The zero-order chi connectivity index (χ0) is 23.6. The smallest absolute Gasteiger partial charge is 0.337 e. The third kappa shape index (κ3) is 5.28. The molecule has 1 fully saturated rings. The summed E-state index contributed by atoms with van der Waals surface area (Å²) in [7, 11) is 0. The van der Waals surface area contributed by atoms with Gasteiger partial charge in [-0.1, -0.05) is 41.0 Å². The Bertz CT molecular complexity index is 1130. The van der Waals surface area contributed by atoms with E-state index in [1.807, 2.05) is 6.92 Å². The second-order valence-electron chi connectivity index (χ2n) is 7.64. The predicted octanol–water partition coefficient (Wildman–Crippen LogP) is 5.32. The van der Waals surface area contributed by atoms with Gasteiger partial charge in [-0.05, 0) is 31.2 Å². The molecular formula is C22H21ClF3N5O2. The van der Waals surface area contributed by atoms with E-state index in [0.717, 1.165) is 12.1 Å². The molecule has 11 heteroatoms. The largest absolute Gasteiger partial charge is 0.416 e. The number of piperazine rings is 1. The number of nitrogens with zero attached hydrogens (tertiary/aromatic N) is 4. The summed E-state index contributed by atoms with van der Waals surface area (Å²) in [6.45, 7) is 3.98. The third-order valence-corrected chi connectivity index (χ3v) is 5.84. The molecule has 2 aromatic carbocycles. The lowest BCUT2D eigenvalue weighted by Gasteiger charge is -2.36. The highest BCUT2D eigenvalue weighted by Gasteiger charge is 2.31. The molecular weight excluding hydrogens is 459 g/mol. The van der Waals surface area contributed by atoms with Crippen LogP contribution in [0.2, 0.25) is 5.02 Å². The molecule has 0 aliphatic carbocycles. The molecule has 0 bridgehead atoms. The number of carbonyl (C=O) groups excluding carboxylic acids is 1. The Balaban J connectivity index is 1.37. The number of rotatable bonds is 4. The fourth-order valence-corrected chi connectivity index (χ4v) is 3.77. The van der Waals surface area contributed by atoms with Crippen LogP contribution in [0.1, 0.15) is 24.4 Å². The molecule has 0 saturated carbocycles. The molecule has 3 aromatic rings. The Labute approximate surface area is 193 Å². The fourth-order valence-electron chi connectivity index (χ4n) is 3.58. The molecule has 33 heavy (non-hydrogen) atoms. The van der Waals surface area contributed by atoms with Gasteiger partial charge in [-0.2, -0.15) is 18.2 Å². The number of amides is 2. The molecule has 1 aromatic heterocycles. The summed E-state index contributed by atoms with van der Waals surface area (Å²) in [6.07, 6.45) is -4.45. The summed E-state index contributed by atoms with van der Waals surface area (Å²) in [5.41, 5.74) is 0.00613. The van der Waals surface area contributed by atoms with Gasteiger partial charge in [-0.15, -0.1) is 0 Å². The minimum absolute atomic E-state index is 0.0979. The normalized spacial score (nSPS) is 16.0. The van der Waals surface area contributed by atoms with Gasteiger partial charge < -0.3 is 14.7 Å². The number of halogens is 4. The van der Waals surface area contributed by atoms with E-state index >= 15 is 0 Å². The van der Waals surface area contributed by atoms with Crippen molar-refractivity contribution < 1.29 is 22.5 Å². The molecule has 1 saturated heterocycles. The monoisotopic (exact) mass is 479 g/mol. The van der Waals surface area contributed by atoms with Crippen LogP contribution in [-0.2, 0) is 6.18 Å². The molecule has 1 aliphatic rings. The Morgan fingerprint density at radius 1 is 1.12 bits per heavy atom. The van der Waals surface area contributed by atoms with E-state index in [-0.39, 0.29) is 23.5 Å². The van der Waals surface area contributed by atoms with Crippen molar-refractivity contribution in [2.45, 2.75) is 19.1 Å². The number of hydrogen-bond acceptors (Lipinski definition) is 5. The number of aromatic nitrogens is 2. The van der Waals surface area contributed by atoms with Crippen LogP contribution >= 0.6 is 11.6 Å². The number of para-hydroxylation sites is 1. The second kappa shape index (κ2) is 9.40. The van der Waals surface area contributed by atoms with Crippen LogP contribution in [0.3, 0.4) is 0 Å². The van der Waals surface area contributed by atoms with E-state index in [9.17, 15) is 18.0 Å². The van der Waals surface area contributed by atoms with Crippen molar-refractivity contribution in [2.75, 3.05) is 31.5 Å². The van der Waals surface area contributed by atoms with Crippen LogP contribution in [0.25, 0.3) is 11.4 Å². The van der Waals surface area contributed by atoms with Crippen LogP contribution in [0.5, 0.6) is 0 Å². The summed E-state index contributed by atoms with van der Waals surface area (Å²) < 4.78 is 44.3. The molecule has 1 unspecified atom stereocenters. The van der Waals surface area contributed by atoms with Crippen LogP contribution < -0.4 is 5.32 Å². The number of hydrogen-bond donors (Lipinski definition) is 1. The maximum atomic E-state index is 13.0. The van der Waals surface area contributed by atoms with Crippen molar-refractivity contribution in [3.8, 4) is 11.4 Å². The van der Waals surface area contributed by atoms with Crippen molar-refractivity contribution in [2.24, 2.45) is 0 Å². The zero-order valence-corrected chi connectivity index (χ0v) is 18.4. The minimum atomic E-state index is -4.45. The molecule has 2 amide bonds. The first-order valence-electron chi connectivity index (χ1n) is 10.3. The number of nitrogens with one attached hydrogen (secondary N) is 1. The molecule has 1 aliphatic heterocycles. The van der Waals surface area contributed by atoms with E-state index in [4.69, 9.17) is 16.1 Å². The minimum Gasteiger partial charge on any atom is -0.337 e. The number of urea groups is 1. The highest BCUT2D eigenvalue weighted by molar-refractivity contribution is 6.33. The van der Waals surface area contributed by atoms with Crippen molar-refractivity contribution in [3.05, 3.63) is 65.0 Å². The Morgan fingerprint density at radius 3 is 2.55 bits per heavy atom. The number of anilines is 1. The molecule has 7 nitrogen and oxygen atoms in total. The summed E-state index contributed by atoms with van der Waals surface area (Å²) >= 11 is 6.10. The van der Waals surface area contributed by atoms with E-state index in [1.54, 1.807) is 29.2 Å². The van der Waals surface area contributed by atoms with E-state index in [0.29, 0.717) is 42.8 Å². The van der Waals surface area contributed by atoms with Crippen molar-refractivity contribution in [1.82, 2.24) is 19.9 Å². The van der Waals surface area contributed by atoms with E-state index < -0.39 is 11.7 Å². The quantitative estimate of drug-likeness (QED) is 0.548. The first-order valence-corrected chi connectivity index (χ1v) is 10.7. The van der Waals surface area contributed by atoms with Crippen LogP contribution in [0.4, 0.5) is 23.7 Å². The van der Waals surface area contributed by atoms with Gasteiger partial charge in [0.15, 0.2) is 0 Å². The number of benzene rings is 2. The van der Waals surface area contributed by atoms with Crippen molar-refractivity contribution >= 4 is 23.3 Å². The third-order valence-electron chi connectivity index (χ3n) is 5.51. The topological polar surface area (TPSA) is 74.5 Å². The van der Waals surface area contributed by atoms with Gasteiger partial charge in [0.1, 0.15) is 0 Å². The van der Waals surface area contributed by atoms with Gasteiger partial charge in [0, 0.05) is 31.7 Å². The van der Waals surface area contributed by atoms with Crippen molar-refractivity contribution in [1.29, 1.82) is 0 Å². The highest BCUT2D eigenvalue weighted by atomic mass is 35.5. The Kier molecular flexibility index (Phi) is 6.57. The standard InChI is InChI=1S/C22H21ClF3N5O2/c1-14(20-28-19(29-33-20)15-5-4-6-16(13-15)22(24,25)26)30-9-11-31(12-10-30)21(32)27-18-8-3-2-7-17(18)23/h2-8,13-14H,9-12H2,1H3,(H,27,32). The average Bonchev–Trinajstić information content (AvgIpc) is 3.30. The number of alkyl halides is 3. The predicted molar refractivity (Wildman–Crippen MR) is 117 cm³/mol. The summed E-state index contributed by atoms with van der Waals surface area (Å²) in [6, 6.07) is 11.3. The molecule has 174 valence electrons. The lowest BCUT2D eigenvalue weighted by atomic mass is 10.1. The summed E-state index contributed by atoms with van der Waals surface area (Å²) in [4.78, 5) is 20.6. The zero-order valence-electron chi connectivity index (χ0n) is 17.6. The van der Waals surface area contributed by atoms with E-state index in [1.165, 1.54) is 12.1 Å². The first kappa shape index (κ1) is 23.1. The van der Waals surface area contributed by atoms with Crippen molar-refractivity contribution in [3.63, 3.8) is 0 Å². The van der Waals surface area contributed by atoms with Crippen LogP contribution in [0, 0.1) is 0 Å². The number of carbonyl (C=O) groups is 1. The maximum absolute atomic E-state index is 13.0. The molecule has 1 N–H and O–H groups in total. The molecule has 2 heterocycles. The highest BCUT2D eigenvalue weighted by Crippen LogP contribution is 2.32. The average molecular weight is 480 g/mol. The SMILES string of the molecule is CC(c1nc(-c2cccc(C(F)(F)F)c2)no1)N1CCN(C(=O)Nc2ccccc2Cl)CC1. The second-order valence-corrected chi connectivity index (χ2v) is 8.05. The molecule has 0 spiro atoms. The Morgan fingerprint density at radius 2 is 1.85 bits per heavy atom. The molecule has 0 radical (unpaired) electrons. The summed E-state index contributed by atoms with van der Waals surface area (Å²) in [5, 5.41) is 7.13. The van der Waals surface area contributed by atoms with Gasteiger partial charge in [0.2, 0.25) is 11.7 Å². The van der Waals surface area contributed by atoms with Gasteiger partial charge >= 0.3 is 12.2 Å². The van der Waals surface area contributed by atoms with Gasteiger partial charge in [-0.25, -0.2) is 4.79 Å². The van der Waals surface area contributed by atoms with E-state index in [2.05, 4.69) is 20.4 Å². The van der Waals surface area contributed by atoms with Gasteiger partial charge in [-0.3, -0.25) is 4.90 Å². The Hall–Kier alpha value is -3.11.